The number of hydrogen-bond acceptors (Lipinski definition) is 1. The van der Waals surface area contributed by atoms with Crippen LogP contribution in [0.1, 0.15) is 27.7 Å². The number of nitrogens with one attached hydrogen (secondary N) is 1. The predicted molar refractivity (Wildman–Crippen MR) is 74.2 cm³/mol. The van der Waals surface area contributed by atoms with E-state index < -0.39 is 8.07 Å². The molecular formula is C13H31NSi. The lowest BCUT2D eigenvalue weighted by atomic mass is 9.98. The second-order valence-electron chi connectivity index (χ2n) is 6.82. The van der Waals surface area contributed by atoms with Crippen LogP contribution in [0.15, 0.2) is 0 Å². The van der Waals surface area contributed by atoms with Gasteiger partial charge in [0, 0.05) is 8.07 Å². The summed E-state index contributed by atoms with van der Waals surface area (Å²) in [6.07, 6.45) is 0. The van der Waals surface area contributed by atoms with Crippen molar-refractivity contribution in [1.29, 1.82) is 0 Å². The van der Waals surface area contributed by atoms with Crippen molar-refractivity contribution in [3.8, 4) is 0 Å². The second-order valence-corrected chi connectivity index (χ2v) is 12.4. The molecule has 0 aromatic heterocycles. The maximum absolute atomic E-state index is 3.61. The maximum atomic E-state index is 3.61. The third kappa shape index (κ3) is 9.13. The minimum atomic E-state index is -0.900. The molecule has 0 amide bonds. The van der Waals surface area contributed by atoms with Crippen molar-refractivity contribution in [1.82, 2.24) is 5.32 Å². The second kappa shape index (κ2) is 6.69. The molecule has 0 aromatic carbocycles. The van der Waals surface area contributed by atoms with E-state index >= 15 is 0 Å². The Morgan fingerprint density at radius 1 is 0.933 bits per heavy atom. The van der Waals surface area contributed by atoms with Gasteiger partial charge in [0.2, 0.25) is 0 Å². The molecule has 0 saturated carbocycles. The average molecular weight is 229 g/mol. The summed E-state index contributed by atoms with van der Waals surface area (Å²) in [5.74, 6) is 2.46. The molecule has 0 aliphatic heterocycles. The highest BCUT2D eigenvalue weighted by Crippen LogP contribution is 2.22. The largest absolute Gasteiger partial charge is 0.316 e. The van der Waals surface area contributed by atoms with Crippen molar-refractivity contribution in [2.45, 2.75) is 53.4 Å². The summed E-state index contributed by atoms with van der Waals surface area (Å²) in [6.45, 7) is 19.1. The van der Waals surface area contributed by atoms with Gasteiger partial charge in [-0.15, -0.1) is 0 Å². The first-order valence-corrected chi connectivity index (χ1v) is 10.1. The van der Waals surface area contributed by atoms with E-state index in [0.29, 0.717) is 0 Å². The third-order valence-corrected chi connectivity index (χ3v) is 4.53. The summed E-state index contributed by atoms with van der Waals surface area (Å²) < 4.78 is 0. The number of rotatable bonds is 7. The van der Waals surface area contributed by atoms with Crippen LogP contribution in [0.2, 0.25) is 25.7 Å². The van der Waals surface area contributed by atoms with Gasteiger partial charge in [-0.3, -0.25) is 0 Å². The van der Waals surface area contributed by atoms with Gasteiger partial charge in [0.1, 0.15) is 0 Å². The molecule has 0 aliphatic carbocycles. The molecule has 0 saturated heterocycles. The molecule has 0 aromatic rings. The highest BCUT2D eigenvalue weighted by Gasteiger charge is 2.22. The molecule has 0 fully saturated rings. The Kier molecular flexibility index (Phi) is 6.77. The van der Waals surface area contributed by atoms with Crippen LogP contribution in [0, 0.1) is 17.8 Å². The SMILES string of the molecule is CC(C)CNCC(C[Si](C)(C)C)C(C)C. The normalized spacial score (nSPS) is 15.0. The Labute approximate surface area is 98.0 Å². The molecule has 92 valence electrons. The van der Waals surface area contributed by atoms with Crippen LogP contribution in [-0.4, -0.2) is 21.2 Å². The molecule has 1 unspecified atom stereocenters. The van der Waals surface area contributed by atoms with Crippen molar-refractivity contribution >= 4 is 8.07 Å². The highest BCUT2D eigenvalue weighted by atomic mass is 28.3. The molecule has 0 rings (SSSR count). The van der Waals surface area contributed by atoms with Crippen LogP contribution in [0.4, 0.5) is 0 Å². The van der Waals surface area contributed by atoms with Gasteiger partial charge in [0.15, 0.2) is 0 Å². The molecule has 0 radical (unpaired) electrons. The monoisotopic (exact) mass is 229 g/mol. The van der Waals surface area contributed by atoms with Gasteiger partial charge in [0.05, 0.1) is 0 Å². The van der Waals surface area contributed by atoms with Gasteiger partial charge >= 0.3 is 0 Å². The zero-order chi connectivity index (χ0) is 12.1. The Morgan fingerprint density at radius 2 is 1.47 bits per heavy atom. The van der Waals surface area contributed by atoms with E-state index in [0.717, 1.165) is 24.3 Å². The van der Waals surface area contributed by atoms with E-state index in [9.17, 15) is 0 Å². The van der Waals surface area contributed by atoms with Crippen LogP contribution in [0.5, 0.6) is 0 Å². The lowest BCUT2D eigenvalue weighted by Crippen LogP contribution is -2.34. The van der Waals surface area contributed by atoms with Crippen LogP contribution < -0.4 is 5.32 Å². The van der Waals surface area contributed by atoms with Crippen LogP contribution in [0.3, 0.4) is 0 Å². The molecule has 0 spiro atoms. The quantitative estimate of drug-likeness (QED) is 0.654. The summed E-state index contributed by atoms with van der Waals surface area (Å²) in [6, 6.07) is 1.45. The fourth-order valence-electron chi connectivity index (χ4n) is 1.89. The van der Waals surface area contributed by atoms with E-state index in [-0.39, 0.29) is 0 Å². The highest BCUT2D eigenvalue weighted by molar-refractivity contribution is 6.76. The Morgan fingerprint density at radius 3 is 1.80 bits per heavy atom. The first-order chi connectivity index (χ1) is 6.72. The summed E-state index contributed by atoms with van der Waals surface area (Å²) in [5.41, 5.74) is 0. The maximum Gasteiger partial charge on any atom is 0.0446 e. The van der Waals surface area contributed by atoms with Gasteiger partial charge < -0.3 is 5.32 Å². The topological polar surface area (TPSA) is 12.0 Å². The summed E-state index contributed by atoms with van der Waals surface area (Å²) in [5, 5.41) is 3.61. The Balaban J connectivity index is 3.95. The fourth-order valence-corrected chi connectivity index (χ4v) is 4.08. The van der Waals surface area contributed by atoms with Crippen LogP contribution in [0.25, 0.3) is 0 Å². The predicted octanol–water partition coefficient (Wildman–Crippen LogP) is 3.84. The molecule has 15 heavy (non-hydrogen) atoms. The average Bonchev–Trinajstić information content (AvgIpc) is 1.99. The van der Waals surface area contributed by atoms with Gasteiger partial charge in [-0.05, 0) is 30.8 Å². The zero-order valence-electron chi connectivity index (χ0n) is 11.9. The summed E-state index contributed by atoms with van der Waals surface area (Å²) >= 11 is 0. The van der Waals surface area contributed by atoms with Crippen molar-refractivity contribution in [2.24, 2.45) is 17.8 Å². The molecular weight excluding hydrogens is 198 g/mol. The zero-order valence-corrected chi connectivity index (χ0v) is 12.9. The molecule has 0 heterocycles. The first-order valence-electron chi connectivity index (χ1n) is 6.43. The van der Waals surface area contributed by atoms with Crippen molar-refractivity contribution in [2.75, 3.05) is 13.1 Å². The van der Waals surface area contributed by atoms with E-state index in [1.54, 1.807) is 0 Å². The van der Waals surface area contributed by atoms with Gasteiger partial charge in [-0.2, -0.15) is 0 Å². The molecule has 1 nitrogen and oxygen atoms in total. The molecule has 0 aliphatic rings. The standard InChI is InChI=1S/C13H31NSi/c1-11(2)8-14-9-13(12(3)4)10-15(5,6)7/h11-14H,8-10H2,1-7H3. The number of hydrogen-bond donors (Lipinski definition) is 1. The minimum Gasteiger partial charge on any atom is -0.316 e. The fraction of sp³-hybridized carbons (Fsp3) is 1.00. The van der Waals surface area contributed by atoms with Crippen LogP contribution in [-0.2, 0) is 0 Å². The van der Waals surface area contributed by atoms with E-state index in [4.69, 9.17) is 0 Å². The van der Waals surface area contributed by atoms with E-state index in [1.807, 2.05) is 0 Å². The minimum absolute atomic E-state index is 0.768. The summed E-state index contributed by atoms with van der Waals surface area (Å²) in [7, 11) is -0.900. The van der Waals surface area contributed by atoms with Crippen molar-refractivity contribution in [3.63, 3.8) is 0 Å². The van der Waals surface area contributed by atoms with Gasteiger partial charge in [0.25, 0.3) is 0 Å². The Bertz CT molecular complexity index is 158. The van der Waals surface area contributed by atoms with E-state index in [2.05, 4.69) is 52.7 Å². The molecule has 1 atom stereocenters. The lowest BCUT2D eigenvalue weighted by Gasteiger charge is -2.28. The molecule has 1 N–H and O–H groups in total. The van der Waals surface area contributed by atoms with Crippen LogP contribution >= 0.6 is 0 Å². The smallest absolute Gasteiger partial charge is 0.0446 e. The Hall–Kier alpha value is 0.177. The van der Waals surface area contributed by atoms with Crippen molar-refractivity contribution in [3.05, 3.63) is 0 Å². The first kappa shape index (κ1) is 15.2. The summed E-state index contributed by atoms with van der Waals surface area (Å²) in [4.78, 5) is 0. The molecule has 0 bridgehead atoms. The van der Waals surface area contributed by atoms with Gasteiger partial charge in [-0.25, -0.2) is 0 Å². The van der Waals surface area contributed by atoms with E-state index in [1.165, 1.54) is 12.6 Å². The third-order valence-electron chi connectivity index (χ3n) is 2.78. The van der Waals surface area contributed by atoms with Crippen molar-refractivity contribution < 1.29 is 0 Å². The molecule has 2 heteroatoms. The van der Waals surface area contributed by atoms with Gasteiger partial charge in [-0.1, -0.05) is 53.4 Å². The lowest BCUT2D eigenvalue weighted by molar-refractivity contribution is 0.379.